The molecule has 0 atom stereocenters. The van der Waals surface area contributed by atoms with E-state index in [0.29, 0.717) is 0 Å². The summed E-state index contributed by atoms with van der Waals surface area (Å²) in [4.78, 5) is 0. The fourth-order valence-corrected chi connectivity index (χ4v) is 0.478. The molecular weight excluding hydrogens is 322 g/mol. The Morgan fingerprint density at radius 1 is 1.00 bits per heavy atom. The van der Waals surface area contributed by atoms with E-state index in [4.69, 9.17) is 0 Å². The van der Waals surface area contributed by atoms with Crippen molar-refractivity contribution < 1.29 is 31.1 Å². The van der Waals surface area contributed by atoms with Crippen molar-refractivity contribution in [3.63, 3.8) is 0 Å². The molecule has 0 radical (unpaired) electrons. The predicted molar refractivity (Wildman–Crippen MR) is 30.9 cm³/mol. The minimum Gasteiger partial charge on any atom is -0.199 e. The van der Waals surface area contributed by atoms with Crippen LogP contribution in [0.2, 0.25) is 0 Å². The summed E-state index contributed by atoms with van der Waals surface area (Å²) >= 11 is 0. The third-order valence-electron chi connectivity index (χ3n) is 0.843. The zero-order valence-electron chi connectivity index (χ0n) is 4.59. The zero-order chi connectivity index (χ0) is 5.11. The first-order valence-corrected chi connectivity index (χ1v) is 2.26. The average molecular weight is 329 g/mol. The Kier molecular flexibility index (Phi) is 4.14. The van der Waals surface area contributed by atoms with Gasteiger partial charge in [-0.15, -0.1) is 12.1 Å². The average Bonchev–Trinajstić information content (AvgIpc) is 1.69. The molecule has 0 aliphatic rings. The summed E-state index contributed by atoms with van der Waals surface area (Å²) in [6.07, 6.45) is 0. The summed E-state index contributed by atoms with van der Waals surface area (Å²) in [5.41, 5.74) is 1.07. The standard InChI is InChI=1S/C7H7.U/c1-7-5-3-2-4-6-7;/h2-6H,1H2;/q-1;. The quantitative estimate of drug-likeness (QED) is 0.638. The van der Waals surface area contributed by atoms with Crippen molar-refractivity contribution in [1.29, 1.82) is 0 Å². The van der Waals surface area contributed by atoms with Crippen molar-refractivity contribution in [2.75, 3.05) is 0 Å². The molecule has 0 aromatic heterocycles. The molecule has 0 unspecified atom stereocenters. The minimum atomic E-state index is 0. The Labute approximate surface area is 73.7 Å². The number of hydrogen-bond donors (Lipinski definition) is 0. The van der Waals surface area contributed by atoms with Gasteiger partial charge in [-0.25, -0.2) is 0 Å². The second-order valence-corrected chi connectivity index (χ2v) is 1.49. The number of hydrogen-bond acceptors (Lipinski definition) is 0. The van der Waals surface area contributed by atoms with Crippen LogP contribution in [0.1, 0.15) is 5.56 Å². The monoisotopic (exact) mass is 329 g/mol. The Morgan fingerprint density at radius 2 is 1.50 bits per heavy atom. The van der Waals surface area contributed by atoms with Crippen molar-refractivity contribution >= 4 is 0 Å². The van der Waals surface area contributed by atoms with Crippen LogP contribution in [0.5, 0.6) is 0 Å². The van der Waals surface area contributed by atoms with Crippen LogP contribution in [-0.2, 0) is 0 Å². The van der Waals surface area contributed by atoms with Gasteiger partial charge in [-0.1, -0.05) is 6.07 Å². The van der Waals surface area contributed by atoms with E-state index in [-0.39, 0.29) is 31.1 Å². The van der Waals surface area contributed by atoms with Crippen LogP contribution < -0.4 is 0 Å². The van der Waals surface area contributed by atoms with Gasteiger partial charge in [0.1, 0.15) is 0 Å². The molecule has 1 rings (SSSR count). The molecule has 0 amide bonds. The first-order chi connectivity index (χ1) is 3.39. The third-order valence-corrected chi connectivity index (χ3v) is 0.843. The smallest absolute Gasteiger partial charge is 0 e. The first kappa shape index (κ1) is 8.14. The summed E-state index contributed by atoms with van der Waals surface area (Å²) in [5, 5.41) is 0. The van der Waals surface area contributed by atoms with E-state index in [1.54, 1.807) is 0 Å². The zero-order valence-corrected chi connectivity index (χ0v) is 8.76. The molecular formula is C7H7U-. The molecule has 1 aromatic carbocycles. The van der Waals surface area contributed by atoms with E-state index >= 15 is 0 Å². The topological polar surface area (TPSA) is 0 Å². The molecule has 1 aromatic rings. The van der Waals surface area contributed by atoms with E-state index in [1.165, 1.54) is 0 Å². The molecule has 0 saturated heterocycles. The van der Waals surface area contributed by atoms with Gasteiger partial charge in [0.2, 0.25) is 0 Å². The summed E-state index contributed by atoms with van der Waals surface area (Å²) in [6, 6.07) is 9.87. The third kappa shape index (κ3) is 2.45. The molecule has 40 valence electrons. The summed E-state index contributed by atoms with van der Waals surface area (Å²) in [6.45, 7) is 3.72. The Balaban J connectivity index is 0.000000490. The van der Waals surface area contributed by atoms with Crippen LogP contribution in [0.25, 0.3) is 0 Å². The van der Waals surface area contributed by atoms with Gasteiger partial charge >= 0.3 is 0 Å². The summed E-state index contributed by atoms with van der Waals surface area (Å²) < 4.78 is 0. The maximum atomic E-state index is 3.72. The van der Waals surface area contributed by atoms with Crippen molar-refractivity contribution in [3.8, 4) is 0 Å². The molecule has 0 N–H and O–H groups in total. The molecule has 8 heavy (non-hydrogen) atoms. The van der Waals surface area contributed by atoms with Crippen LogP contribution >= 0.6 is 0 Å². The van der Waals surface area contributed by atoms with Gasteiger partial charge in [0, 0.05) is 31.1 Å². The van der Waals surface area contributed by atoms with Gasteiger partial charge in [0.25, 0.3) is 0 Å². The van der Waals surface area contributed by atoms with Gasteiger partial charge in [0.05, 0.1) is 0 Å². The van der Waals surface area contributed by atoms with E-state index in [2.05, 4.69) is 6.92 Å². The second kappa shape index (κ2) is 4.06. The van der Waals surface area contributed by atoms with Gasteiger partial charge in [0.15, 0.2) is 0 Å². The predicted octanol–water partition coefficient (Wildman–Crippen LogP) is 1.87. The minimum absolute atomic E-state index is 0. The van der Waals surface area contributed by atoms with Crippen LogP contribution in [0.4, 0.5) is 0 Å². The van der Waals surface area contributed by atoms with Crippen LogP contribution in [0.3, 0.4) is 0 Å². The molecule has 0 nitrogen and oxygen atoms in total. The molecule has 0 fully saturated rings. The van der Waals surface area contributed by atoms with Gasteiger partial charge < -0.3 is 0 Å². The molecule has 0 bridgehead atoms. The SMILES string of the molecule is [CH2-]c1ccccc1.[U]. The van der Waals surface area contributed by atoms with Crippen molar-refractivity contribution in [3.05, 3.63) is 42.8 Å². The molecule has 0 aliphatic carbocycles. The molecule has 0 aliphatic heterocycles. The van der Waals surface area contributed by atoms with Gasteiger partial charge in [-0.3, -0.25) is 0 Å². The molecule has 0 heterocycles. The van der Waals surface area contributed by atoms with Gasteiger partial charge in [-0.2, -0.15) is 24.6 Å². The molecule has 0 saturated carbocycles. The summed E-state index contributed by atoms with van der Waals surface area (Å²) in [7, 11) is 0. The van der Waals surface area contributed by atoms with Gasteiger partial charge in [-0.05, 0) is 0 Å². The van der Waals surface area contributed by atoms with E-state index in [9.17, 15) is 0 Å². The Bertz CT molecular complexity index is 134. The fraction of sp³-hybridized carbons (Fsp3) is 0. The Hall–Kier alpha value is 0.142. The van der Waals surface area contributed by atoms with Crippen LogP contribution in [0, 0.1) is 38.0 Å². The first-order valence-electron chi connectivity index (χ1n) is 2.26. The number of rotatable bonds is 0. The maximum absolute atomic E-state index is 3.72. The van der Waals surface area contributed by atoms with E-state index in [0.717, 1.165) is 5.56 Å². The summed E-state index contributed by atoms with van der Waals surface area (Å²) in [5.74, 6) is 0. The van der Waals surface area contributed by atoms with Crippen molar-refractivity contribution in [2.24, 2.45) is 0 Å². The van der Waals surface area contributed by atoms with Crippen LogP contribution in [-0.4, -0.2) is 0 Å². The number of benzene rings is 1. The van der Waals surface area contributed by atoms with E-state index < -0.39 is 0 Å². The normalized spacial score (nSPS) is 7.50. The fourth-order valence-electron chi connectivity index (χ4n) is 0.478. The van der Waals surface area contributed by atoms with Crippen molar-refractivity contribution in [1.82, 2.24) is 0 Å². The van der Waals surface area contributed by atoms with E-state index in [1.807, 2.05) is 30.3 Å². The molecule has 1 heteroatoms. The maximum Gasteiger partial charge on any atom is 0 e. The van der Waals surface area contributed by atoms with Crippen LogP contribution in [0.15, 0.2) is 30.3 Å². The van der Waals surface area contributed by atoms with Crippen molar-refractivity contribution in [2.45, 2.75) is 0 Å². The largest absolute Gasteiger partial charge is 0.199 e. The molecule has 0 spiro atoms. The Morgan fingerprint density at radius 3 is 1.75 bits per heavy atom. The second-order valence-electron chi connectivity index (χ2n) is 1.49.